The Morgan fingerprint density at radius 3 is 2.45 bits per heavy atom. The highest BCUT2D eigenvalue weighted by molar-refractivity contribution is 6.36. The number of amides is 1. The number of fused-ring (bicyclic) bond motifs is 1. The number of carbonyl (C=O) groups is 2. The van der Waals surface area contributed by atoms with E-state index in [0.29, 0.717) is 23.1 Å². The molecule has 1 heterocycles. The van der Waals surface area contributed by atoms with Gasteiger partial charge in [0.1, 0.15) is 11.3 Å². The number of nitrogens with zero attached hydrogens (tertiary/aromatic N) is 2. The summed E-state index contributed by atoms with van der Waals surface area (Å²) >= 11 is 6.34. The largest absolute Gasteiger partial charge is 0.480 e. The normalized spacial score (nSPS) is 10.7. The Hall–Kier alpha value is -3.32. The van der Waals surface area contributed by atoms with Crippen molar-refractivity contribution in [3.05, 3.63) is 69.5 Å². The number of pyridine rings is 1. The van der Waals surface area contributed by atoms with Gasteiger partial charge in [0, 0.05) is 19.3 Å². The summed E-state index contributed by atoms with van der Waals surface area (Å²) in [6, 6.07) is 13.8. The molecule has 0 atom stereocenters. The average molecular weight is 415 g/mol. The number of ether oxygens (including phenoxy) is 1. The van der Waals surface area contributed by atoms with Gasteiger partial charge >= 0.3 is 5.97 Å². The summed E-state index contributed by atoms with van der Waals surface area (Å²) in [6.45, 7) is 1.36. The highest BCUT2D eigenvalue weighted by Gasteiger charge is 2.28. The van der Waals surface area contributed by atoms with Gasteiger partial charge in [-0.05, 0) is 31.2 Å². The lowest BCUT2D eigenvalue weighted by atomic mass is 10.1. The van der Waals surface area contributed by atoms with E-state index < -0.39 is 24.0 Å². The monoisotopic (exact) mass is 414 g/mol. The molecule has 1 amide bonds. The Kier molecular flexibility index (Phi) is 5.89. The van der Waals surface area contributed by atoms with Crippen LogP contribution in [0.3, 0.4) is 0 Å². The zero-order valence-corrected chi connectivity index (χ0v) is 16.6. The average Bonchev–Trinajstić information content (AvgIpc) is 2.70. The molecule has 2 aromatic carbocycles. The molecule has 3 rings (SSSR count). The summed E-state index contributed by atoms with van der Waals surface area (Å²) in [5.41, 5.74) is 0.173. The van der Waals surface area contributed by atoms with Crippen LogP contribution in [-0.2, 0) is 11.8 Å². The minimum atomic E-state index is -1.24. The summed E-state index contributed by atoms with van der Waals surface area (Å²) in [5.74, 6) is -1.96. The fourth-order valence-corrected chi connectivity index (χ4v) is 3.42. The second-order valence-corrected chi connectivity index (χ2v) is 6.68. The summed E-state index contributed by atoms with van der Waals surface area (Å²) in [4.78, 5) is 39.0. The van der Waals surface area contributed by atoms with Crippen molar-refractivity contribution in [1.29, 1.82) is 0 Å². The van der Waals surface area contributed by atoms with Gasteiger partial charge in [-0.15, -0.1) is 0 Å². The number of carboxylic acids is 1. The summed E-state index contributed by atoms with van der Waals surface area (Å²) in [7, 11) is 1.53. The van der Waals surface area contributed by atoms with E-state index in [-0.39, 0.29) is 16.3 Å². The number of hydrogen-bond donors (Lipinski definition) is 1. The minimum absolute atomic E-state index is 0.129. The van der Waals surface area contributed by atoms with Crippen LogP contribution in [-0.4, -0.2) is 34.7 Å². The lowest BCUT2D eigenvalue weighted by Gasteiger charge is -2.23. The van der Waals surface area contributed by atoms with Gasteiger partial charge in [-0.25, -0.2) is 4.79 Å². The fourth-order valence-electron chi connectivity index (χ4n) is 3.17. The first-order chi connectivity index (χ1) is 13.9. The van der Waals surface area contributed by atoms with Crippen LogP contribution in [0.25, 0.3) is 10.9 Å². The zero-order chi connectivity index (χ0) is 21.1. The Morgan fingerprint density at radius 2 is 1.83 bits per heavy atom. The number of hydrogen-bond acceptors (Lipinski definition) is 4. The van der Waals surface area contributed by atoms with E-state index in [1.54, 1.807) is 49.4 Å². The first-order valence-electron chi connectivity index (χ1n) is 8.89. The molecule has 8 heteroatoms. The van der Waals surface area contributed by atoms with Crippen molar-refractivity contribution in [1.82, 2.24) is 4.57 Å². The number of aromatic nitrogens is 1. The molecular formula is C21H19ClN2O5. The number of anilines is 1. The fraction of sp³-hybridized carbons (Fsp3) is 0.190. The molecule has 0 aliphatic rings. The van der Waals surface area contributed by atoms with Crippen LogP contribution in [0.1, 0.15) is 17.3 Å². The molecule has 0 fully saturated rings. The van der Waals surface area contributed by atoms with Crippen LogP contribution in [0, 0.1) is 0 Å². The topological polar surface area (TPSA) is 88.8 Å². The van der Waals surface area contributed by atoms with Crippen molar-refractivity contribution in [2.75, 3.05) is 18.1 Å². The highest BCUT2D eigenvalue weighted by atomic mass is 35.5. The highest BCUT2D eigenvalue weighted by Crippen LogP contribution is 2.34. The van der Waals surface area contributed by atoms with Gasteiger partial charge in [-0.1, -0.05) is 35.9 Å². The van der Waals surface area contributed by atoms with Crippen molar-refractivity contribution in [2.24, 2.45) is 7.05 Å². The zero-order valence-electron chi connectivity index (χ0n) is 15.9. The molecule has 150 valence electrons. The smallest absolute Gasteiger partial charge is 0.341 e. The third-order valence-corrected chi connectivity index (χ3v) is 4.82. The predicted molar refractivity (Wildman–Crippen MR) is 111 cm³/mol. The Balaban J connectivity index is 2.30. The summed E-state index contributed by atoms with van der Waals surface area (Å²) in [5, 5.41) is 9.62. The molecule has 0 radical (unpaired) electrons. The third-order valence-electron chi connectivity index (χ3n) is 4.51. The molecule has 0 unspecified atom stereocenters. The molecule has 0 spiro atoms. The maximum Gasteiger partial charge on any atom is 0.341 e. The molecule has 0 saturated heterocycles. The molecule has 0 aliphatic heterocycles. The molecule has 7 nitrogen and oxygen atoms in total. The van der Waals surface area contributed by atoms with E-state index in [9.17, 15) is 14.4 Å². The SMILES string of the molecule is CCN(C(=O)c1c(OCC(=O)O)c2c(Cl)cccc2n(C)c1=O)c1ccccc1. The van der Waals surface area contributed by atoms with E-state index in [4.69, 9.17) is 21.4 Å². The van der Waals surface area contributed by atoms with Gasteiger partial charge in [-0.2, -0.15) is 0 Å². The van der Waals surface area contributed by atoms with Gasteiger partial charge in [0.25, 0.3) is 11.5 Å². The van der Waals surface area contributed by atoms with Crippen LogP contribution < -0.4 is 15.2 Å². The summed E-state index contributed by atoms with van der Waals surface area (Å²) < 4.78 is 6.74. The number of benzene rings is 2. The predicted octanol–water partition coefficient (Wildman–Crippen LogP) is 3.32. The quantitative estimate of drug-likeness (QED) is 0.668. The molecule has 0 saturated carbocycles. The summed E-state index contributed by atoms with van der Waals surface area (Å²) in [6.07, 6.45) is 0. The second-order valence-electron chi connectivity index (χ2n) is 6.27. The molecule has 0 aliphatic carbocycles. The molecule has 0 bridgehead atoms. The number of para-hydroxylation sites is 1. The van der Waals surface area contributed by atoms with Crippen molar-refractivity contribution < 1.29 is 19.4 Å². The standard InChI is InChI=1S/C21H19ClN2O5/c1-3-24(13-8-5-4-6-9-13)21(28)18-19(29-12-16(25)26)17-14(22)10-7-11-15(17)23(2)20(18)27/h4-11H,3,12H2,1-2H3,(H,25,26). The lowest BCUT2D eigenvalue weighted by molar-refractivity contribution is -0.139. The molecular weight excluding hydrogens is 396 g/mol. The second kappa shape index (κ2) is 8.36. The van der Waals surface area contributed by atoms with Crippen LogP contribution in [0.4, 0.5) is 5.69 Å². The van der Waals surface area contributed by atoms with Crippen molar-refractivity contribution in [3.63, 3.8) is 0 Å². The maximum absolute atomic E-state index is 13.4. The first kappa shape index (κ1) is 20.4. The van der Waals surface area contributed by atoms with Gasteiger partial charge < -0.3 is 19.3 Å². The van der Waals surface area contributed by atoms with Gasteiger partial charge in [-0.3, -0.25) is 9.59 Å². The number of halogens is 1. The van der Waals surface area contributed by atoms with E-state index in [1.807, 2.05) is 6.07 Å². The number of rotatable bonds is 6. The molecule has 3 aromatic rings. The Morgan fingerprint density at radius 1 is 1.14 bits per heavy atom. The van der Waals surface area contributed by atoms with E-state index in [0.717, 1.165) is 0 Å². The van der Waals surface area contributed by atoms with E-state index >= 15 is 0 Å². The van der Waals surface area contributed by atoms with E-state index in [2.05, 4.69) is 0 Å². The Bertz CT molecular complexity index is 1140. The van der Waals surface area contributed by atoms with Crippen LogP contribution in [0.2, 0.25) is 5.02 Å². The minimum Gasteiger partial charge on any atom is -0.480 e. The van der Waals surface area contributed by atoms with Gasteiger partial charge in [0.05, 0.1) is 15.9 Å². The van der Waals surface area contributed by atoms with Gasteiger partial charge in [0.15, 0.2) is 6.61 Å². The van der Waals surface area contributed by atoms with Crippen LogP contribution in [0.15, 0.2) is 53.3 Å². The third kappa shape index (κ3) is 3.82. The number of carboxylic acid groups (broad SMARTS) is 1. The van der Waals surface area contributed by atoms with Crippen molar-refractivity contribution in [3.8, 4) is 5.75 Å². The molecule has 29 heavy (non-hydrogen) atoms. The lowest BCUT2D eigenvalue weighted by Crippen LogP contribution is -2.37. The number of aryl methyl sites for hydroxylation is 1. The van der Waals surface area contributed by atoms with Gasteiger partial charge in [0.2, 0.25) is 0 Å². The van der Waals surface area contributed by atoms with Crippen molar-refractivity contribution in [2.45, 2.75) is 6.92 Å². The van der Waals surface area contributed by atoms with E-state index in [1.165, 1.54) is 16.5 Å². The Labute approximate surface area is 171 Å². The molecule has 1 N–H and O–H groups in total. The number of aliphatic carboxylic acids is 1. The first-order valence-corrected chi connectivity index (χ1v) is 9.27. The van der Waals surface area contributed by atoms with Crippen LogP contribution in [0.5, 0.6) is 5.75 Å². The number of carbonyl (C=O) groups excluding carboxylic acids is 1. The van der Waals surface area contributed by atoms with Crippen molar-refractivity contribution >= 4 is 40.1 Å². The molecule has 1 aromatic heterocycles. The maximum atomic E-state index is 13.4. The van der Waals surface area contributed by atoms with Crippen LogP contribution >= 0.6 is 11.6 Å².